The van der Waals surface area contributed by atoms with Crippen molar-refractivity contribution in [2.45, 2.75) is 19.3 Å². The first-order valence-electron chi connectivity index (χ1n) is 6.57. The van der Waals surface area contributed by atoms with Crippen LogP contribution in [0.3, 0.4) is 0 Å². The summed E-state index contributed by atoms with van der Waals surface area (Å²) >= 11 is 0. The zero-order valence-corrected chi connectivity index (χ0v) is 10.7. The molecule has 0 spiro atoms. The van der Waals surface area contributed by atoms with E-state index in [9.17, 15) is 14.7 Å². The van der Waals surface area contributed by atoms with Gasteiger partial charge in [-0.2, -0.15) is 0 Å². The molecule has 6 nitrogen and oxygen atoms in total. The molecule has 6 heteroatoms. The second-order valence-corrected chi connectivity index (χ2v) is 4.88. The summed E-state index contributed by atoms with van der Waals surface area (Å²) in [5, 5.41) is 15.3. The van der Waals surface area contributed by atoms with E-state index >= 15 is 0 Å². The summed E-state index contributed by atoms with van der Waals surface area (Å²) in [6, 6.07) is 2.43. The van der Waals surface area contributed by atoms with Gasteiger partial charge in [-0.1, -0.05) is 0 Å². The van der Waals surface area contributed by atoms with Crippen LogP contribution in [0.5, 0.6) is 5.88 Å². The van der Waals surface area contributed by atoms with E-state index in [1.165, 1.54) is 25.0 Å². The number of piperidine rings is 1. The maximum absolute atomic E-state index is 11.8. The van der Waals surface area contributed by atoms with Gasteiger partial charge < -0.3 is 15.7 Å². The summed E-state index contributed by atoms with van der Waals surface area (Å²) < 4.78 is 0. The molecular formula is C13H19N3O3. The summed E-state index contributed by atoms with van der Waals surface area (Å²) in [5.74, 6) is -0.0269. The third kappa shape index (κ3) is 4.10. The molecule has 1 amide bonds. The fourth-order valence-corrected chi connectivity index (χ4v) is 2.32. The summed E-state index contributed by atoms with van der Waals surface area (Å²) in [4.78, 5) is 25.1. The standard InChI is InChI=1S/C13H19N3O3/c17-11-6-10(7-12(18)16-11)13(19)15-5-3-9-2-1-4-14-8-9/h6-7,9,14H,1-5,8H2,(H,15,19)(H2,16,17,18). The maximum Gasteiger partial charge on any atom is 0.251 e. The highest BCUT2D eigenvalue weighted by molar-refractivity contribution is 5.94. The lowest BCUT2D eigenvalue weighted by atomic mass is 9.96. The monoisotopic (exact) mass is 265 g/mol. The molecule has 0 aliphatic carbocycles. The number of hydrogen-bond donors (Lipinski definition) is 4. The lowest BCUT2D eigenvalue weighted by Crippen LogP contribution is -2.33. The average molecular weight is 265 g/mol. The second-order valence-electron chi connectivity index (χ2n) is 4.88. The molecule has 4 N–H and O–H groups in total. The van der Waals surface area contributed by atoms with E-state index in [1.54, 1.807) is 0 Å². The lowest BCUT2D eigenvalue weighted by Gasteiger charge is -2.22. The van der Waals surface area contributed by atoms with Crippen molar-refractivity contribution >= 4 is 5.91 Å². The van der Waals surface area contributed by atoms with Gasteiger partial charge in [0.15, 0.2) is 5.88 Å². The highest BCUT2D eigenvalue weighted by Crippen LogP contribution is 2.13. The Balaban J connectivity index is 1.82. The second kappa shape index (κ2) is 6.38. The molecular weight excluding hydrogens is 246 g/mol. The predicted octanol–water partition coefficient (Wildman–Crippen LogP) is 0.200. The first-order valence-corrected chi connectivity index (χ1v) is 6.57. The van der Waals surface area contributed by atoms with Crippen molar-refractivity contribution in [2.75, 3.05) is 19.6 Å². The van der Waals surface area contributed by atoms with Gasteiger partial charge >= 0.3 is 0 Å². The van der Waals surface area contributed by atoms with Crippen molar-refractivity contribution in [2.24, 2.45) is 5.92 Å². The Hall–Kier alpha value is -1.82. The summed E-state index contributed by atoms with van der Waals surface area (Å²) in [6.45, 7) is 2.66. The van der Waals surface area contributed by atoms with Gasteiger partial charge in [-0.3, -0.25) is 14.6 Å². The quantitative estimate of drug-likeness (QED) is 0.625. The third-order valence-electron chi connectivity index (χ3n) is 3.33. The summed E-state index contributed by atoms with van der Waals surface area (Å²) in [7, 11) is 0. The van der Waals surface area contributed by atoms with Crippen LogP contribution >= 0.6 is 0 Å². The van der Waals surface area contributed by atoms with Crippen molar-refractivity contribution < 1.29 is 9.90 Å². The van der Waals surface area contributed by atoms with Crippen molar-refractivity contribution in [3.05, 3.63) is 28.0 Å². The molecule has 1 fully saturated rings. The zero-order valence-electron chi connectivity index (χ0n) is 10.7. The van der Waals surface area contributed by atoms with Gasteiger partial charge in [-0.05, 0) is 38.3 Å². The number of aromatic nitrogens is 1. The van der Waals surface area contributed by atoms with Crippen LogP contribution in [0.4, 0.5) is 0 Å². The van der Waals surface area contributed by atoms with Crippen LogP contribution in [0, 0.1) is 5.92 Å². The van der Waals surface area contributed by atoms with Gasteiger partial charge in [-0.25, -0.2) is 0 Å². The molecule has 1 atom stereocenters. The molecule has 2 rings (SSSR count). The minimum Gasteiger partial charge on any atom is -0.494 e. The van der Waals surface area contributed by atoms with Crippen LogP contribution in [0.15, 0.2) is 16.9 Å². The van der Waals surface area contributed by atoms with Crippen LogP contribution in [0.1, 0.15) is 29.6 Å². The predicted molar refractivity (Wildman–Crippen MR) is 71.3 cm³/mol. The fourth-order valence-electron chi connectivity index (χ4n) is 2.32. The summed E-state index contributed by atoms with van der Waals surface area (Å²) in [6.07, 6.45) is 3.29. The number of rotatable bonds is 4. The molecule has 0 aromatic carbocycles. The van der Waals surface area contributed by atoms with Crippen molar-refractivity contribution in [1.82, 2.24) is 15.6 Å². The lowest BCUT2D eigenvalue weighted by molar-refractivity contribution is 0.0950. The summed E-state index contributed by atoms with van der Waals surface area (Å²) in [5.41, 5.74) is -0.301. The Labute approximate surface area is 111 Å². The smallest absolute Gasteiger partial charge is 0.251 e. The van der Waals surface area contributed by atoms with Crippen LogP contribution in [0.25, 0.3) is 0 Å². The number of pyridine rings is 1. The molecule has 0 radical (unpaired) electrons. The minimum atomic E-state index is -0.485. The van der Waals surface area contributed by atoms with Crippen LogP contribution in [-0.2, 0) is 0 Å². The van der Waals surface area contributed by atoms with Crippen LogP contribution < -0.4 is 16.2 Å². The van der Waals surface area contributed by atoms with E-state index in [0.29, 0.717) is 12.5 Å². The number of hydrogen-bond acceptors (Lipinski definition) is 4. The Morgan fingerprint density at radius 2 is 2.32 bits per heavy atom. The van der Waals surface area contributed by atoms with Gasteiger partial charge in [0.2, 0.25) is 0 Å². The Morgan fingerprint density at radius 3 is 3.00 bits per heavy atom. The Morgan fingerprint density at radius 1 is 1.47 bits per heavy atom. The third-order valence-corrected chi connectivity index (χ3v) is 3.33. The van der Waals surface area contributed by atoms with E-state index in [2.05, 4.69) is 15.6 Å². The number of carbonyl (C=O) groups excluding carboxylic acids is 1. The molecule has 0 bridgehead atoms. The molecule has 0 saturated carbocycles. The van der Waals surface area contributed by atoms with E-state index in [0.717, 1.165) is 19.5 Å². The van der Waals surface area contributed by atoms with Gasteiger partial charge in [0.25, 0.3) is 11.5 Å². The topological polar surface area (TPSA) is 94.2 Å². The molecule has 1 aromatic heterocycles. The van der Waals surface area contributed by atoms with Crippen molar-refractivity contribution in [3.63, 3.8) is 0 Å². The molecule has 1 saturated heterocycles. The molecule has 104 valence electrons. The molecule has 1 aromatic rings. The average Bonchev–Trinajstić information content (AvgIpc) is 2.38. The van der Waals surface area contributed by atoms with Gasteiger partial charge in [0.05, 0.1) is 5.56 Å². The van der Waals surface area contributed by atoms with Crippen molar-refractivity contribution in [3.8, 4) is 5.88 Å². The molecule has 1 aliphatic rings. The number of aromatic amines is 1. The minimum absolute atomic E-state index is 0.183. The largest absolute Gasteiger partial charge is 0.494 e. The van der Waals surface area contributed by atoms with E-state index in [1.807, 2.05) is 0 Å². The Bertz CT molecular complexity index is 492. The molecule has 1 unspecified atom stereocenters. The molecule has 2 heterocycles. The number of carbonyl (C=O) groups is 1. The normalized spacial score (nSPS) is 19.1. The van der Waals surface area contributed by atoms with Gasteiger partial charge in [-0.15, -0.1) is 0 Å². The van der Waals surface area contributed by atoms with Gasteiger partial charge in [0.1, 0.15) is 0 Å². The zero-order chi connectivity index (χ0) is 13.7. The first kappa shape index (κ1) is 13.6. The molecule has 19 heavy (non-hydrogen) atoms. The maximum atomic E-state index is 11.8. The van der Waals surface area contributed by atoms with Gasteiger partial charge in [0, 0.05) is 18.7 Å². The highest BCUT2D eigenvalue weighted by Gasteiger charge is 2.13. The van der Waals surface area contributed by atoms with Crippen molar-refractivity contribution in [1.29, 1.82) is 0 Å². The van der Waals surface area contributed by atoms with E-state index in [-0.39, 0.29) is 17.4 Å². The van der Waals surface area contributed by atoms with Crippen LogP contribution in [-0.4, -0.2) is 35.6 Å². The van der Waals surface area contributed by atoms with Crippen LogP contribution in [0.2, 0.25) is 0 Å². The fraction of sp³-hybridized carbons (Fsp3) is 0.538. The first-order chi connectivity index (χ1) is 9.15. The number of aromatic hydroxyl groups is 1. The van der Waals surface area contributed by atoms with E-state index in [4.69, 9.17) is 0 Å². The number of amides is 1. The highest BCUT2D eigenvalue weighted by atomic mass is 16.3. The van der Waals surface area contributed by atoms with E-state index < -0.39 is 5.56 Å². The number of H-pyrrole nitrogens is 1. The Kier molecular flexibility index (Phi) is 4.57. The molecule has 1 aliphatic heterocycles. The number of nitrogens with one attached hydrogen (secondary N) is 3. The SMILES string of the molecule is O=C(NCCC1CCCNC1)c1cc(O)[nH]c(=O)c1.